The van der Waals surface area contributed by atoms with Crippen molar-refractivity contribution in [2.45, 2.75) is 70.5 Å². The van der Waals surface area contributed by atoms with Crippen molar-refractivity contribution in [1.29, 1.82) is 0 Å². The fourth-order valence-electron chi connectivity index (χ4n) is 5.97. The third kappa shape index (κ3) is 3.42. The van der Waals surface area contributed by atoms with Gasteiger partial charge >= 0.3 is 0 Å². The zero-order valence-corrected chi connectivity index (χ0v) is 19.7. The van der Waals surface area contributed by atoms with Crippen molar-refractivity contribution in [3.8, 4) is 0 Å². The normalized spacial score (nSPS) is 19.5. The summed E-state index contributed by atoms with van der Waals surface area (Å²) < 4.78 is 2.01. The molecular formula is C27H30N6O. The zero-order valence-electron chi connectivity index (χ0n) is 19.7. The molecule has 6 rings (SSSR count). The smallest absolute Gasteiger partial charge is 0.254 e. The van der Waals surface area contributed by atoms with Crippen LogP contribution in [0, 0.1) is 6.92 Å². The molecule has 34 heavy (non-hydrogen) atoms. The summed E-state index contributed by atoms with van der Waals surface area (Å²) in [6.45, 7) is 4.25. The molecule has 0 bridgehead atoms. The molecule has 1 aliphatic carbocycles. The Morgan fingerprint density at radius 3 is 2.74 bits per heavy atom. The van der Waals surface area contributed by atoms with Gasteiger partial charge in [-0.3, -0.25) is 4.79 Å². The minimum absolute atomic E-state index is 0.0819. The van der Waals surface area contributed by atoms with Crippen molar-refractivity contribution in [3.05, 3.63) is 81.4 Å². The van der Waals surface area contributed by atoms with E-state index in [4.69, 9.17) is 0 Å². The van der Waals surface area contributed by atoms with Crippen LogP contribution in [0.25, 0.3) is 10.9 Å². The van der Waals surface area contributed by atoms with Crippen LogP contribution < -0.4 is 10.5 Å². The first-order valence-electron chi connectivity index (χ1n) is 12.4. The highest BCUT2D eigenvalue weighted by atomic mass is 16.1. The van der Waals surface area contributed by atoms with Gasteiger partial charge in [0.25, 0.3) is 5.56 Å². The molecule has 0 saturated heterocycles. The first-order valence-corrected chi connectivity index (χ1v) is 12.4. The topological polar surface area (TPSA) is 79.7 Å². The van der Waals surface area contributed by atoms with Gasteiger partial charge in [0.05, 0.1) is 11.6 Å². The number of H-pyrrole nitrogens is 1. The summed E-state index contributed by atoms with van der Waals surface area (Å²) in [5, 5.41) is 14.2. The Morgan fingerprint density at radius 1 is 1.06 bits per heavy atom. The lowest BCUT2D eigenvalue weighted by molar-refractivity contribution is 0.312. The van der Waals surface area contributed by atoms with Crippen LogP contribution in [0.4, 0.5) is 5.69 Å². The van der Waals surface area contributed by atoms with Crippen molar-refractivity contribution in [3.63, 3.8) is 0 Å². The van der Waals surface area contributed by atoms with Crippen LogP contribution in [-0.2, 0) is 6.42 Å². The lowest BCUT2D eigenvalue weighted by atomic mass is 9.95. The van der Waals surface area contributed by atoms with E-state index in [0.717, 1.165) is 47.2 Å². The van der Waals surface area contributed by atoms with Gasteiger partial charge in [0.1, 0.15) is 6.04 Å². The summed E-state index contributed by atoms with van der Waals surface area (Å²) in [5.74, 6) is 0.757. The van der Waals surface area contributed by atoms with Crippen LogP contribution >= 0.6 is 0 Å². The lowest BCUT2D eigenvalue weighted by Crippen LogP contribution is -2.39. The molecular weight excluding hydrogens is 424 g/mol. The number of nitrogens with one attached hydrogen (secondary N) is 1. The van der Waals surface area contributed by atoms with E-state index in [1.807, 2.05) is 29.8 Å². The number of aryl methyl sites for hydroxylation is 1. The lowest BCUT2D eigenvalue weighted by Gasteiger charge is -2.34. The van der Waals surface area contributed by atoms with Crippen molar-refractivity contribution in [2.24, 2.45) is 0 Å². The summed E-state index contributed by atoms with van der Waals surface area (Å²) >= 11 is 0. The molecule has 0 radical (unpaired) electrons. The van der Waals surface area contributed by atoms with Crippen LogP contribution in [0.1, 0.15) is 73.6 Å². The number of benzene rings is 2. The third-order valence-electron chi connectivity index (χ3n) is 7.63. The molecule has 7 nitrogen and oxygen atoms in total. The molecule has 2 aromatic carbocycles. The molecule has 4 aromatic rings. The van der Waals surface area contributed by atoms with Crippen molar-refractivity contribution >= 4 is 16.6 Å². The predicted molar refractivity (Wildman–Crippen MR) is 133 cm³/mol. The number of hydrogen-bond donors (Lipinski definition) is 1. The Morgan fingerprint density at radius 2 is 1.88 bits per heavy atom. The molecule has 3 heterocycles. The standard InChI is InChI=1S/C27H30N6O/c1-17-9-8-11-20-16-22(27(34)28-24(17)20)25(32-18(2)15-19-10-6-7-14-23(19)32)26-29-30-31-33(26)21-12-4-3-5-13-21/h6-11,14,16,18,21,25H,3-5,12-13,15H2,1-2H3,(H,28,34). The number of anilines is 1. The fourth-order valence-corrected chi connectivity index (χ4v) is 5.97. The molecule has 1 saturated carbocycles. The molecule has 1 fully saturated rings. The second-order valence-corrected chi connectivity index (χ2v) is 9.86. The van der Waals surface area contributed by atoms with E-state index in [2.05, 4.69) is 62.7 Å². The van der Waals surface area contributed by atoms with Gasteiger partial charge in [0.2, 0.25) is 0 Å². The number of aromatic amines is 1. The van der Waals surface area contributed by atoms with Gasteiger partial charge in [-0.2, -0.15) is 0 Å². The predicted octanol–water partition coefficient (Wildman–Crippen LogP) is 4.87. The van der Waals surface area contributed by atoms with Gasteiger partial charge in [0.15, 0.2) is 5.82 Å². The summed E-state index contributed by atoms with van der Waals surface area (Å²) in [7, 11) is 0. The van der Waals surface area contributed by atoms with Gasteiger partial charge in [-0.05, 0) is 72.2 Å². The van der Waals surface area contributed by atoms with E-state index in [1.165, 1.54) is 24.8 Å². The number of para-hydroxylation sites is 2. The molecule has 2 atom stereocenters. The number of hydrogen-bond acceptors (Lipinski definition) is 5. The first-order chi connectivity index (χ1) is 16.6. The monoisotopic (exact) mass is 454 g/mol. The van der Waals surface area contributed by atoms with E-state index in [0.29, 0.717) is 5.56 Å². The minimum Gasteiger partial charge on any atom is -0.354 e. The first kappa shape index (κ1) is 21.1. The Labute approximate surface area is 198 Å². The number of rotatable bonds is 4. The average molecular weight is 455 g/mol. The van der Waals surface area contributed by atoms with Gasteiger partial charge in [-0.25, -0.2) is 4.68 Å². The molecule has 0 amide bonds. The Bertz CT molecular complexity index is 1400. The highest BCUT2D eigenvalue weighted by Crippen LogP contribution is 2.41. The summed E-state index contributed by atoms with van der Waals surface area (Å²) in [6.07, 6.45) is 6.72. The van der Waals surface area contributed by atoms with Gasteiger partial charge in [-0.1, -0.05) is 55.7 Å². The second kappa shape index (κ2) is 8.38. The minimum atomic E-state index is -0.371. The van der Waals surface area contributed by atoms with Crippen LogP contribution in [-0.4, -0.2) is 31.2 Å². The largest absolute Gasteiger partial charge is 0.354 e. The number of fused-ring (bicyclic) bond motifs is 2. The Kier molecular flexibility index (Phi) is 5.20. The van der Waals surface area contributed by atoms with E-state index in [9.17, 15) is 4.79 Å². The van der Waals surface area contributed by atoms with Crippen molar-refractivity contribution < 1.29 is 0 Å². The molecule has 1 N–H and O–H groups in total. The maximum absolute atomic E-state index is 13.6. The summed E-state index contributed by atoms with van der Waals surface area (Å²) in [4.78, 5) is 19.1. The van der Waals surface area contributed by atoms with Crippen molar-refractivity contribution in [1.82, 2.24) is 25.2 Å². The van der Waals surface area contributed by atoms with Crippen molar-refractivity contribution in [2.75, 3.05) is 4.90 Å². The second-order valence-electron chi connectivity index (χ2n) is 9.86. The molecule has 0 spiro atoms. The van der Waals surface area contributed by atoms with Crippen LogP contribution in [0.5, 0.6) is 0 Å². The maximum atomic E-state index is 13.6. The Balaban J connectivity index is 1.57. The quantitative estimate of drug-likeness (QED) is 0.476. The number of pyridine rings is 1. The number of nitrogens with zero attached hydrogens (tertiary/aromatic N) is 5. The summed E-state index contributed by atoms with van der Waals surface area (Å²) in [5.41, 5.74) is 5.00. The van der Waals surface area contributed by atoms with E-state index < -0.39 is 0 Å². The zero-order chi connectivity index (χ0) is 23.2. The fraction of sp³-hybridized carbons (Fsp3) is 0.407. The SMILES string of the molecule is Cc1cccc2cc(C(c3nnnn3C3CCCCC3)N3c4ccccc4CC3C)c(=O)[nH]c12. The Hall–Kier alpha value is -3.48. The molecule has 2 aliphatic rings. The summed E-state index contributed by atoms with van der Waals surface area (Å²) in [6, 6.07) is 16.8. The number of tetrazole rings is 1. The molecule has 7 heteroatoms. The average Bonchev–Trinajstić information content (AvgIpc) is 3.46. The third-order valence-corrected chi connectivity index (χ3v) is 7.63. The van der Waals surface area contributed by atoms with E-state index in [1.54, 1.807) is 0 Å². The van der Waals surface area contributed by atoms with Gasteiger partial charge in [-0.15, -0.1) is 5.10 Å². The van der Waals surface area contributed by atoms with Gasteiger partial charge in [0, 0.05) is 17.3 Å². The molecule has 2 aromatic heterocycles. The van der Waals surface area contributed by atoms with Gasteiger partial charge < -0.3 is 9.88 Å². The highest BCUT2D eigenvalue weighted by Gasteiger charge is 2.38. The highest BCUT2D eigenvalue weighted by molar-refractivity contribution is 5.82. The molecule has 174 valence electrons. The number of aromatic nitrogens is 5. The maximum Gasteiger partial charge on any atom is 0.254 e. The van der Waals surface area contributed by atoms with Crippen LogP contribution in [0.3, 0.4) is 0 Å². The van der Waals surface area contributed by atoms with E-state index in [-0.39, 0.29) is 23.7 Å². The van der Waals surface area contributed by atoms with E-state index >= 15 is 0 Å². The molecule has 1 aliphatic heterocycles. The van der Waals surface area contributed by atoms with Crippen LogP contribution in [0.2, 0.25) is 0 Å². The molecule has 2 unspecified atom stereocenters. The van der Waals surface area contributed by atoms with Crippen LogP contribution in [0.15, 0.2) is 53.3 Å².